The molecule has 0 spiro atoms. The highest BCUT2D eigenvalue weighted by atomic mass is 32.2. The molecular formula is C14H19NO2S. The second-order valence-corrected chi connectivity index (χ2v) is 5.33. The van der Waals surface area contributed by atoms with E-state index in [4.69, 9.17) is 4.74 Å². The third-order valence-electron chi connectivity index (χ3n) is 3.07. The molecule has 98 valence electrons. The van der Waals surface area contributed by atoms with Gasteiger partial charge >= 0.3 is 0 Å². The number of thioether (sulfide) groups is 1. The fraction of sp³-hybridized carbons (Fsp3) is 0.500. The van der Waals surface area contributed by atoms with Crippen LogP contribution >= 0.6 is 11.8 Å². The van der Waals surface area contributed by atoms with E-state index in [9.17, 15) is 4.79 Å². The summed E-state index contributed by atoms with van der Waals surface area (Å²) in [4.78, 5) is 13.0. The van der Waals surface area contributed by atoms with Crippen LogP contribution in [-0.4, -0.2) is 24.9 Å². The standard InChI is InChI=1S/C14H19NO2S/c1-18-13-6-2-4-11(10-13)15-14(16)8-7-12-5-3-9-17-12/h2,4,6,10,12H,3,5,7-9H2,1H3,(H,15,16)/t12-/m1/s1. The highest BCUT2D eigenvalue weighted by Gasteiger charge is 2.16. The van der Waals surface area contributed by atoms with Gasteiger partial charge in [-0.25, -0.2) is 0 Å². The minimum Gasteiger partial charge on any atom is -0.378 e. The predicted molar refractivity (Wildman–Crippen MR) is 75.1 cm³/mol. The van der Waals surface area contributed by atoms with Crippen LogP contribution in [0.15, 0.2) is 29.2 Å². The summed E-state index contributed by atoms with van der Waals surface area (Å²) in [5.74, 6) is 0.0729. The van der Waals surface area contributed by atoms with Gasteiger partial charge in [0.05, 0.1) is 6.10 Å². The maximum Gasteiger partial charge on any atom is 0.224 e. The topological polar surface area (TPSA) is 38.3 Å². The van der Waals surface area contributed by atoms with Crippen molar-refractivity contribution in [3.8, 4) is 0 Å². The quantitative estimate of drug-likeness (QED) is 0.830. The number of rotatable bonds is 5. The van der Waals surface area contributed by atoms with Gasteiger partial charge in [0.1, 0.15) is 0 Å². The van der Waals surface area contributed by atoms with E-state index in [1.807, 2.05) is 30.5 Å². The molecule has 1 amide bonds. The lowest BCUT2D eigenvalue weighted by Gasteiger charge is -2.09. The van der Waals surface area contributed by atoms with Gasteiger partial charge in [-0.05, 0) is 43.7 Å². The number of hydrogen-bond acceptors (Lipinski definition) is 3. The van der Waals surface area contributed by atoms with Crippen molar-refractivity contribution in [2.45, 2.75) is 36.7 Å². The Labute approximate surface area is 112 Å². The molecule has 1 N–H and O–H groups in total. The monoisotopic (exact) mass is 265 g/mol. The Morgan fingerprint density at radius 2 is 2.44 bits per heavy atom. The van der Waals surface area contributed by atoms with E-state index in [0.29, 0.717) is 6.42 Å². The highest BCUT2D eigenvalue weighted by molar-refractivity contribution is 7.98. The van der Waals surface area contributed by atoms with Crippen molar-refractivity contribution in [3.63, 3.8) is 0 Å². The lowest BCUT2D eigenvalue weighted by Crippen LogP contribution is -2.15. The van der Waals surface area contributed by atoms with Crippen LogP contribution < -0.4 is 5.32 Å². The Balaban J connectivity index is 1.78. The smallest absolute Gasteiger partial charge is 0.224 e. The molecule has 0 aromatic heterocycles. The second-order valence-electron chi connectivity index (χ2n) is 4.45. The number of benzene rings is 1. The fourth-order valence-corrected chi connectivity index (χ4v) is 2.55. The summed E-state index contributed by atoms with van der Waals surface area (Å²) in [6, 6.07) is 7.91. The Morgan fingerprint density at radius 3 is 3.17 bits per heavy atom. The summed E-state index contributed by atoms with van der Waals surface area (Å²) >= 11 is 1.67. The van der Waals surface area contributed by atoms with E-state index < -0.39 is 0 Å². The average molecular weight is 265 g/mol. The lowest BCUT2D eigenvalue weighted by atomic mass is 10.1. The summed E-state index contributed by atoms with van der Waals surface area (Å²) in [5, 5.41) is 2.93. The van der Waals surface area contributed by atoms with Crippen molar-refractivity contribution in [1.82, 2.24) is 0 Å². The zero-order valence-corrected chi connectivity index (χ0v) is 11.5. The minimum atomic E-state index is 0.0729. The largest absolute Gasteiger partial charge is 0.378 e. The molecule has 4 heteroatoms. The van der Waals surface area contributed by atoms with Gasteiger partial charge < -0.3 is 10.1 Å². The lowest BCUT2D eigenvalue weighted by molar-refractivity contribution is -0.116. The van der Waals surface area contributed by atoms with Gasteiger partial charge in [-0.15, -0.1) is 11.8 Å². The summed E-state index contributed by atoms with van der Waals surface area (Å²) < 4.78 is 5.51. The number of hydrogen-bond donors (Lipinski definition) is 1. The molecule has 0 unspecified atom stereocenters. The van der Waals surface area contributed by atoms with E-state index in [1.54, 1.807) is 11.8 Å². The predicted octanol–water partition coefficient (Wildman–Crippen LogP) is 3.31. The molecule has 1 saturated heterocycles. The third-order valence-corrected chi connectivity index (χ3v) is 3.80. The second kappa shape index (κ2) is 6.81. The zero-order valence-electron chi connectivity index (χ0n) is 10.6. The first-order valence-corrected chi connectivity index (χ1v) is 7.56. The number of carbonyl (C=O) groups excluding carboxylic acids is 1. The Morgan fingerprint density at radius 1 is 1.56 bits per heavy atom. The van der Waals surface area contributed by atoms with Crippen molar-refractivity contribution in [2.75, 3.05) is 18.2 Å². The van der Waals surface area contributed by atoms with Gasteiger partial charge in [0.2, 0.25) is 5.91 Å². The van der Waals surface area contributed by atoms with E-state index in [0.717, 1.165) is 36.5 Å². The summed E-state index contributed by atoms with van der Waals surface area (Å²) in [7, 11) is 0. The average Bonchev–Trinajstić information content (AvgIpc) is 2.90. The van der Waals surface area contributed by atoms with E-state index >= 15 is 0 Å². The zero-order chi connectivity index (χ0) is 12.8. The molecule has 3 nitrogen and oxygen atoms in total. The molecule has 18 heavy (non-hydrogen) atoms. The number of carbonyl (C=O) groups is 1. The van der Waals surface area contributed by atoms with E-state index in [1.165, 1.54) is 0 Å². The van der Waals surface area contributed by atoms with Gasteiger partial charge in [-0.2, -0.15) is 0 Å². The Kier molecular flexibility index (Phi) is 5.08. The summed E-state index contributed by atoms with van der Waals surface area (Å²) in [6.07, 6.45) is 5.89. The van der Waals surface area contributed by atoms with Gasteiger partial charge in [0, 0.05) is 23.6 Å². The van der Waals surface area contributed by atoms with E-state index in [-0.39, 0.29) is 12.0 Å². The Bertz CT molecular complexity index is 403. The van der Waals surface area contributed by atoms with Crippen molar-refractivity contribution in [2.24, 2.45) is 0 Å². The molecule has 0 radical (unpaired) electrons. The molecule has 1 aromatic carbocycles. The molecule has 1 heterocycles. The van der Waals surface area contributed by atoms with Crippen LogP contribution in [0.5, 0.6) is 0 Å². The van der Waals surface area contributed by atoms with Gasteiger partial charge in [-0.3, -0.25) is 4.79 Å². The van der Waals surface area contributed by atoms with Crippen molar-refractivity contribution in [1.29, 1.82) is 0 Å². The van der Waals surface area contributed by atoms with Crippen LogP contribution in [0.4, 0.5) is 5.69 Å². The van der Waals surface area contributed by atoms with Crippen LogP contribution in [0.25, 0.3) is 0 Å². The SMILES string of the molecule is CSc1cccc(NC(=O)CC[C@H]2CCCO2)c1. The van der Waals surface area contributed by atoms with Crippen LogP contribution in [-0.2, 0) is 9.53 Å². The molecule has 0 bridgehead atoms. The maximum absolute atomic E-state index is 11.8. The molecule has 1 aromatic rings. The number of anilines is 1. The molecule has 0 aliphatic carbocycles. The van der Waals surface area contributed by atoms with Crippen molar-refractivity contribution in [3.05, 3.63) is 24.3 Å². The molecule has 1 aliphatic rings. The first-order chi connectivity index (χ1) is 8.78. The molecule has 0 saturated carbocycles. The first-order valence-electron chi connectivity index (χ1n) is 6.33. The first kappa shape index (κ1) is 13.4. The molecule has 2 rings (SSSR count). The molecule has 1 atom stereocenters. The van der Waals surface area contributed by atoms with Crippen LogP contribution in [0.1, 0.15) is 25.7 Å². The normalized spacial score (nSPS) is 18.8. The molecule has 1 aliphatic heterocycles. The maximum atomic E-state index is 11.8. The number of ether oxygens (including phenoxy) is 1. The van der Waals surface area contributed by atoms with Crippen LogP contribution in [0.3, 0.4) is 0 Å². The molecule has 1 fully saturated rings. The fourth-order valence-electron chi connectivity index (χ4n) is 2.09. The van der Waals surface area contributed by atoms with Crippen LogP contribution in [0, 0.1) is 0 Å². The summed E-state index contributed by atoms with van der Waals surface area (Å²) in [5.41, 5.74) is 0.874. The van der Waals surface area contributed by atoms with E-state index in [2.05, 4.69) is 5.32 Å². The van der Waals surface area contributed by atoms with Crippen molar-refractivity contribution >= 4 is 23.4 Å². The van der Waals surface area contributed by atoms with Gasteiger partial charge in [0.25, 0.3) is 0 Å². The van der Waals surface area contributed by atoms with Gasteiger partial charge in [-0.1, -0.05) is 6.07 Å². The summed E-state index contributed by atoms with van der Waals surface area (Å²) in [6.45, 7) is 0.849. The number of nitrogens with one attached hydrogen (secondary N) is 1. The van der Waals surface area contributed by atoms with Crippen LogP contribution in [0.2, 0.25) is 0 Å². The van der Waals surface area contributed by atoms with Gasteiger partial charge in [0.15, 0.2) is 0 Å². The highest BCUT2D eigenvalue weighted by Crippen LogP contribution is 2.20. The van der Waals surface area contributed by atoms with Crippen molar-refractivity contribution < 1.29 is 9.53 Å². The molecular weight excluding hydrogens is 246 g/mol. The number of amides is 1. The minimum absolute atomic E-state index is 0.0729. The Hall–Kier alpha value is -1.00. The third kappa shape index (κ3) is 4.03.